The lowest BCUT2D eigenvalue weighted by Crippen LogP contribution is -2.43. The monoisotopic (exact) mass is 563 g/mol. The zero-order valence-electron chi connectivity index (χ0n) is 20.6. The second kappa shape index (κ2) is 9.25. The minimum absolute atomic E-state index is 0.0163. The fourth-order valence-electron chi connectivity index (χ4n) is 4.14. The van der Waals surface area contributed by atoms with Crippen molar-refractivity contribution in [3.05, 3.63) is 57.6 Å². The molecular formula is C27H28BrF2NO5. The van der Waals surface area contributed by atoms with Gasteiger partial charge in [-0.25, -0.2) is 4.79 Å². The second-order valence-electron chi connectivity index (χ2n) is 10.8. The molecule has 1 fully saturated rings. The Kier molecular flexibility index (Phi) is 6.75. The van der Waals surface area contributed by atoms with Crippen molar-refractivity contribution in [3.63, 3.8) is 0 Å². The molecule has 0 unspecified atom stereocenters. The van der Waals surface area contributed by atoms with Gasteiger partial charge >= 0.3 is 12.1 Å². The minimum atomic E-state index is -3.26. The van der Waals surface area contributed by atoms with Crippen molar-refractivity contribution in [3.8, 4) is 11.1 Å². The molecule has 0 atom stereocenters. The van der Waals surface area contributed by atoms with Crippen LogP contribution in [0.4, 0.5) is 13.6 Å². The van der Waals surface area contributed by atoms with Gasteiger partial charge < -0.3 is 9.47 Å². The van der Waals surface area contributed by atoms with E-state index in [1.807, 2.05) is 6.92 Å². The van der Waals surface area contributed by atoms with E-state index >= 15 is 8.78 Å². The van der Waals surface area contributed by atoms with Gasteiger partial charge in [0, 0.05) is 27.7 Å². The molecule has 1 amide bonds. The lowest BCUT2D eigenvalue weighted by molar-refractivity contribution is -0.143. The van der Waals surface area contributed by atoms with E-state index in [-0.39, 0.29) is 28.7 Å². The van der Waals surface area contributed by atoms with Crippen molar-refractivity contribution in [2.75, 3.05) is 19.7 Å². The fraction of sp³-hybridized carbons (Fsp3) is 0.444. The zero-order chi connectivity index (χ0) is 26.5. The molecule has 0 N–H and O–H groups in total. The number of nitrogens with zero attached hydrogens (tertiary/aromatic N) is 1. The van der Waals surface area contributed by atoms with E-state index in [2.05, 4.69) is 15.9 Å². The number of carbonyl (C=O) groups excluding carboxylic acids is 3. The first-order valence-electron chi connectivity index (χ1n) is 11.7. The Balaban J connectivity index is 1.42. The van der Waals surface area contributed by atoms with E-state index in [1.165, 1.54) is 23.1 Å². The standard InChI is InChI=1S/C27H28BrF2NO5/c1-25(2,3)36-24(34)31(15-26(4)9-10-26)13-23(33)35-14-22(32)16-5-7-18-19-8-6-17(28)12-21(19)27(29,30)20(18)11-16/h5-8,11-12H,9-10,13-15H2,1-4H3. The number of amides is 1. The molecule has 2 aliphatic rings. The summed E-state index contributed by atoms with van der Waals surface area (Å²) >= 11 is 3.22. The summed E-state index contributed by atoms with van der Waals surface area (Å²) in [6.07, 6.45) is 1.23. The van der Waals surface area contributed by atoms with Gasteiger partial charge in [-0.2, -0.15) is 8.78 Å². The first-order valence-corrected chi connectivity index (χ1v) is 12.5. The summed E-state index contributed by atoms with van der Waals surface area (Å²) in [4.78, 5) is 39.1. The van der Waals surface area contributed by atoms with Crippen molar-refractivity contribution >= 4 is 33.8 Å². The maximum atomic E-state index is 15.1. The number of esters is 1. The highest BCUT2D eigenvalue weighted by Crippen LogP contribution is 2.51. The number of hydrogen-bond donors (Lipinski definition) is 0. The van der Waals surface area contributed by atoms with Crippen LogP contribution in [0.3, 0.4) is 0 Å². The Morgan fingerprint density at radius 2 is 1.64 bits per heavy atom. The van der Waals surface area contributed by atoms with Crippen LogP contribution >= 0.6 is 15.9 Å². The molecule has 0 spiro atoms. The Morgan fingerprint density at radius 1 is 1.03 bits per heavy atom. The van der Waals surface area contributed by atoms with Gasteiger partial charge in [0.05, 0.1) is 0 Å². The summed E-state index contributed by atoms with van der Waals surface area (Å²) in [5, 5.41) is 0. The van der Waals surface area contributed by atoms with E-state index < -0.39 is 36.0 Å². The van der Waals surface area contributed by atoms with Crippen LogP contribution in [0.25, 0.3) is 11.1 Å². The molecule has 36 heavy (non-hydrogen) atoms. The Bertz CT molecular complexity index is 1230. The van der Waals surface area contributed by atoms with Gasteiger partial charge in [0.15, 0.2) is 12.4 Å². The molecule has 192 valence electrons. The van der Waals surface area contributed by atoms with Crippen molar-refractivity contribution in [2.24, 2.45) is 5.41 Å². The number of ether oxygens (including phenoxy) is 2. The van der Waals surface area contributed by atoms with Crippen LogP contribution in [0.2, 0.25) is 0 Å². The average Bonchev–Trinajstić information content (AvgIpc) is 3.47. The lowest BCUT2D eigenvalue weighted by atomic mass is 10.0. The quantitative estimate of drug-likeness (QED) is 0.290. The topological polar surface area (TPSA) is 72.9 Å². The molecule has 0 radical (unpaired) electrons. The van der Waals surface area contributed by atoms with Crippen molar-refractivity contribution in [1.82, 2.24) is 4.90 Å². The number of Topliss-reactive ketones (excluding diaryl/α,β-unsaturated/α-hetero) is 1. The van der Waals surface area contributed by atoms with Crippen LogP contribution in [0, 0.1) is 5.41 Å². The largest absolute Gasteiger partial charge is 0.456 e. The molecule has 2 aromatic rings. The van der Waals surface area contributed by atoms with Gasteiger partial charge in [-0.1, -0.05) is 41.1 Å². The Morgan fingerprint density at radius 3 is 2.25 bits per heavy atom. The highest BCUT2D eigenvalue weighted by molar-refractivity contribution is 9.10. The summed E-state index contributed by atoms with van der Waals surface area (Å²) in [7, 11) is 0. The third-order valence-corrected chi connectivity index (χ3v) is 6.80. The summed E-state index contributed by atoms with van der Waals surface area (Å²) in [6, 6.07) is 8.76. The van der Waals surface area contributed by atoms with Crippen molar-refractivity contribution in [1.29, 1.82) is 0 Å². The van der Waals surface area contributed by atoms with E-state index in [0.717, 1.165) is 18.9 Å². The number of alkyl halides is 2. The van der Waals surface area contributed by atoms with Gasteiger partial charge in [-0.15, -0.1) is 0 Å². The SMILES string of the molecule is CC1(CN(CC(=O)OCC(=O)c2ccc3c(c2)C(F)(F)c2cc(Br)ccc2-3)C(=O)OC(C)(C)C)CC1. The summed E-state index contributed by atoms with van der Waals surface area (Å²) < 4.78 is 41.2. The fourth-order valence-corrected chi connectivity index (χ4v) is 4.50. The average molecular weight is 564 g/mol. The molecule has 4 rings (SSSR count). The number of rotatable bonds is 7. The summed E-state index contributed by atoms with van der Waals surface area (Å²) in [5.74, 6) is -4.65. The maximum Gasteiger partial charge on any atom is 0.410 e. The number of ketones is 1. The first-order chi connectivity index (χ1) is 16.7. The Labute approximate surface area is 217 Å². The van der Waals surface area contributed by atoms with Gasteiger partial charge in [0.25, 0.3) is 5.92 Å². The van der Waals surface area contributed by atoms with Crippen LogP contribution in [-0.4, -0.2) is 48.0 Å². The number of carbonyl (C=O) groups is 3. The predicted molar refractivity (Wildman–Crippen MR) is 133 cm³/mol. The van der Waals surface area contributed by atoms with Gasteiger partial charge in [-0.05, 0) is 68.4 Å². The molecule has 1 saturated carbocycles. The van der Waals surface area contributed by atoms with Crippen molar-refractivity contribution in [2.45, 2.75) is 52.1 Å². The highest BCUT2D eigenvalue weighted by atomic mass is 79.9. The van der Waals surface area contributed by atoms with Gasteiger partial charge in [0.2, 0.25) is 0 Å². The molecular weight excluding hydrogens is 536 g/mol. The smallest absolute Gasteiger partial charge is 0.410 e. The number of fused-ring (bicyclic) bond motifs is 3. The molecule has 9 heteroatoms. The van der Waals surface area contributed by atoms with Crippen LogP contribution in [0.1, 0.15) is 62.0 Å². The van der Waals surface area contributed by atoms with Crippen LogP contribution in [0.15, 0.2) is 40.9 Å². The van der Waals surface area contributed by atoms with E-state index in [1.54, 1.807) is 32.9 Å². The molecule has 0 aliphatic heterocycles. The maximum absolute atomic E-state index is 15.1. The molecule has 0 bridgehead atoms. The van der Waals surface area contributed by atoms with Gasteiger partial charge in [0.1, 0.15) is 12.1 Å². The van der Waals surface area contributed by atoms with Crippen LogP contribution in [0.5, 0.6) is 0 Å². The molecule has 0 saturated heterocycles. The zero-order valence-corrected chi connectivity index (χ0v) is 22.2. The normalized spacial score (nSPS) is 16.5. The van der Waals surface area contributed by atoms with E-state index in [9.17, 15) is 14.4 Å². The number of benzene rings is 2. The third-order valence-electron chi connectivity index (χ3n) is 6.30. The molecule has 6 nitrogen and oxygen atoms in total. The van der Waals surface area contributed by atoms with Gasteiger partial charge in [-0.3, -0.25) is 14.5 Å². The van der Waals surface area contributed by atoms with E-state index in [0.29, 0.717) is 22.1 Å². The number of halogens is 3. The predicted octanol–water partition coefficient (Wildman–Crippen LogP) is 6.33. The second-order valence-corrected chi connectivity index (χ2v) is 11.7. The Hall–Kier alpha value is -2.81. The first kappa shape index (κ1) is 26.3. The molecule has 2 aliphatic carbocycles. The van der Waals surface area contributed by atoms with Crippen LogP contribution < -0.4 is 0 Å². The molecule has 2 aromatic carbocycles. The number of hydrogen-bond acceptors (Lipinski definition) is 5. The van der Waals surface area contributed by atoms with Crippen LogP contribution in [-0.2, 0) is 20.2 Å². The molecule has 0 heterocycles. The summed E-state index contributed by atoms with van der Waals surface area (Å²) in [6.45, 7) is 6.55. The minimum Gasteiger partial charge on any atom is -0.456 e. The highest BCUT2D eigenvalue weighted by Gasteiger charge is 2.45. The van der Waals surface area contributed by atoms with Crippen molar-refractivity contribution < 1.29 is 32.6 Å². The molecule has 0 aromatic heterocycles. The third kappa shape index (κ3) is 5.61. The lowest BCUT2D eigenvalue weighted by Gasteiger charge is -2.28. The summed E-state index contributed by atoms with van der Waals surface area (Å²) in [5.41, 5.74) is -0.410. The van der Waals surface area contributed by atoms with E-state index in [4.69, 9.17) is 9.47 Å².